The summed E-state index contributed by atoms with van der Waals surface area (Å²) in [4.78, 5) is 18.0. The van der Waals surface area contributed by atoms with Gasteiger partial charge in [-0.1, -0.05) is 31.2 Å². The van der Waals surface area contributed by atoms with Crippen LogP contribution in [0.4, 0.5) is 0 Å². The van der Waals surface area contributed by atoms with E-state index in [0.717, 1.165) is 29.2 Å². The number of ether oxygens (including phenoxy) is 2. The normalized spacial score (nSPS) is 11.1. The van der Waals surface area contributed by atoms with Gasteiger partial charge in [-0.3, -0.25) is 0 Å². The molecule has 1 aromatic carbocycles. The molecule has 3 aromatic rings. The van der Waals surface area contributed by atoms with Gasteiger partial charge in [-0.05, 0) is 36.4 Å². The topological polar surface area (TPSA) is 93.6 Å². The number of aliphatic hydroxyl groups excluding tert-OH is 1. The molecule has 2 aromatic heterocycles. The Hall–Kier alpha value is -3.29. The summed E-state index contributed by atoms with van der Waals surface area (Å²) in [7, 11) is 5.21. The quantitative estimate of drug-likeness (QED) is 0.537. The van der Waals surface area contributed by atoms with E-state index in [1.165, 1.54) is 11.1 Å². The fraction of sp³-hybridized carbons (Fsp3) is 0.292. The Bertz CT molecular complexity index is 961. The Kier molecular flexibility index (Phi) is 9.61. The van der Waals surface area contributed by atoms with Crippen molar-refractivity contribution in [1.82, 2.24) is 15.3 Å². The maximum absolute atomic E-state index is 8.92. The molecule has 2 heterocycles. The van der Waals surface area contributed by atoms with Gasteiger partial charge in [0, 0.05) is 36.0 Å². The third-order valence-electron chi connectivity index (χ3n) is 4.70. The lowest BCUT2D eigenvalue weighted by Crippen LogP contribution is -2.06. The number of nitrogens with one attached hydrogen (secondary N) is 1. The minimum absolute atomic E-state index is 0.169. The number of nitrogens with zero attached hydrogens (tertiary/aromatic N) is 2. The first-order chi connectivity index (χ1) is 15.1. The maximum Gasteiger partial charge on any atom is 0.213 e. The molecule has 2 N–H and O–H groups in total. The number of methoxy groups -OCH3 is 2. The number of hydrogen-bond acceptors (Lipinski definition) is 7. The molecule has 0 amide bonds. The van der Waals surface area contributed by atoms with Crippen molar-refractivity contribution >= 4 is 6.29 Å². The maximum atomic E-state index is 8.92. The highest BCUT2D eigenvalue weighted by Gasteiger charge is 2.15. The van der Waals surface area contributed by atoms with Crippen LogP contribution in [0.25, 0.3) is 11.3 Å². The summed E-state index contributed by atoms with van der Waals surface area (Å²) in [6.07, 6.45) is 2.14. The van der Waals surface area contributed by atoms with Crippen molar-refractivity contribution in [2.45, 2.75) is 19.4 Å². The highest BCUT2D eigenvalue weighted by molar-refractivity contribution is 5.67. The van der Waals surface area contributed by atoms with Gasteiger partial charge in [-0.15, -0.1) is 0 Å². The van der Waals surface area contributed by atoms with E-state index in [4.69, 9.17) is 24.4 Å². The lowest BCUT2D eigenvalue weighted by molar-refractivity contribution is -0.110. The van der Waals surface area contributed by atoms with Crippen molar-refractivity contribution in [3.05, 3.63) is 71.5 Å². The number of benzene rings is 1. The number of pyridine rings is 2. The third-order valence-corrected chi connectivity index (χ3v) is 4.70. The predicted molar refractivity (Wildman–Crippen MR) is 120 cm³/mol. The average molecular weight is 424 g/mol. The van der Waals surface area contributed by atoms with E-state index in [2.05, 4.69) is 41.5 Å². The summed E-state index contributed by atoms with van der Waals surface area (Å²) >= 11 is 0. The van der Waals surface area contributed by atoms with Gasteiger partial charge in [-0.2, -0.15) is 0 Å². The van der Waals surface area contributed by atoms with Crippen LogP contribution in [0.1, 0.15) is 29.7 Å². The summed E-state index contributed by atoms with van der Waals surface area (Å²) in [5.41, 5.74) is 5.18. The Labute approximate surface area is 183 Å². The molecule has 7 heteroatoms. The zero-order chi connectivity index (χ0) is 22.6. The number of carbonyl (C=O) groups is 1. The molecule has 0 radical (unpaired) electrons. The smallest absolute Gasteiger partial charge is 0.213 e. The van der Waals surface area contributed by atoms with Gasteiger partial charge in [0.2, 0.25) is 5.88 Å². The van der Waals surface area contributed by atoms with Gasteiger partial charge in [0.25, 0.3) is 0 Å². The highest BCUT2D eigenvalue weighted by atomic mass is 16.5. The molecule has 164 valence electrons. The molecular weight excluding hydrogens is 394 g/mol. The number of carbonyl (C=O) groups excluding carboxylic acids is 1. The fourth-order valence-corrected chi connectivity index (χ4v) is 3.04. The molecule has 31 heavy (non-hydrogen) atoms. The number of aromatic nitrogens is 2. The van der Waals surface area contributed by atoms with E-state index in [1.807, 2.05) is 31.3 Å². The van der Waals surface area contributed by atoms with Crippen molar-refractivity contribution in [2.75, 3.05) is 27.9 Å². The Morgan fingerprint density at radius 3 is 2.39 bits per heavy atom. The van der Waals surface area contributed by atoms with Crippen molar-refractivity contribution in [3.8, 4) is 22.9 Å². The number of rotatable bonds is 8. The number of aliphatic hydroxyl groups is 1. The molecule has 0 aliphatic rings. The van der Waals surface area contributed by atoms with Gasteiger partial charge in [0.1, 0.15) is 17.7 Å². The number of aldehydes is 1. The van der Waals surface area contributed by atoms with Crippen molar-refractivity contribution < 1.29 is 19.4 Å². The van der Waals surface area contributed by atoms with Gasteiger partial charge >= 0.3 is 0 Å². The Balaban J connectivity index is 0.000000785. The van der Waals surface area contributed by atoms with Crippen LogP contribution in [0.15, 0.2) is 54.7 Å². The highest BCUT2D eigenvalue weighted by Crippen LogP contribution is 2.32. The summed E-state index contributed by atoms with van der Waals surface area (Å²) in [6.45, 7) is 2.67. The van der Waals surface area contributed by atoms with Crippen LogP contribution in [0, 0.1) is 0 Å². The molecule has 1 atom stereocenters. The molecule has 0 aliphatic carbocycles. The summed E-state index contributed by atoms with van der Waals surface area (Å²) in [5, 5.41) is 10.7. The lowest BCUT2D eigenvalue weighted by Gasteiger charge is -2.16. The van der Waals surface area contributed by atoms with E-state index >= 15 is 0 Å². The first kappa shape index (κ1) is 24.0. The SMILES string of the molecule is CNCc1ccc(C(C)c2ccc(OC)c(-c3ccnc(OC)c3)n2)cc1.O=CCO. The van der Waals surface area contributed by atoms with Gasteiger partial charge in [-0.25, -0.2) is 9.97 Å². The average Bonchev–Trinajstić information content (AvgIpc) is 2.84. The van der Waals surface area contributed by atoms with E-state index in [1.54, 1.807) is 20.4 Å². The monoisotopic (exact) mass is 423 g/mol. The van der Waals surface area contributed by atoms with Gasteiger partial charge < -0.3 is 24.7 Å². The third kappa shape index (κ3) is 6.60. The zero-order valence-electron chi connectivity index (χ0n) is 18.3. The molecule has 0 aliphatic heterocycles. The van der Waals surface area contributed by atoms with E-state index in [-0.39, 0.29) is 12.5 Å². The van der Waals surface area contributed by atoms with Crippen molar-refractivity contribution in [1.29, 1.82) is 0 Å². The molecule has 0 spiro atoms. The van der Waals surface area contributed by atoms with E-state index < -0.39 is 0 Å². The van der Waals surface area contributed by atoms with Crippen LogP contribution in [0.5, 0.6) is 11.6 Å². The van der Waals surface area contributed by atoms with Gasteiger partial charge in [0.05, 0.1) is 20.8 Å². The second kappa shape index (κ2) is 12.4. The van der Waals surface area contributed by atoms with Crippen LogP contribution < -0.4 is 14.8 Å². The number of hydrogen-bond donors (Lipinski definition) is 2. The fourth-order valence-electron chi connectivity index (χ4n) is 3.04. The van der Waals surface area contributed by atoms with Crippen LogP contribution >= 0.6 is 0 Å². The van der Waals surface area contributed by atoms with Crippen LogP contribution in [-0.2, 0) is 11.3 Å². The lowest BCUT2D eigenvalue weighted by atomic mass is 9.95. The largest absolute Gasteiger partial charge is 0.494 e. The zero-order valence-corrected chi connectivity index (χ0v) is 18.3. The summed E-state index contributed by atoms with van der Waals surface area (Å²) < 4.78 is 10.8. The second-order valence-electron chi connectivity index (χ2n) is 6.72. The minimum atomic E-state index is -0.361. The molecule has 0 bridgehead atoms. The Morgan fingerprint density at radius 1 is 1.10 bits per heavy atom. The molecule has 7 nitrogen and oxygen atoms in total. The van der Waals surface area contributed by atoms with Crippen molar-refractivity contribution in [2.24, 2.45) is 0 Å². The molecule has 0 saturated heterocycles. The second-order valence-corrected chi connectivity index (χ2v) is 6.72. The van der Waals surface area contributed by atoms with Crippen LogP contribution in [0.3, 0.4) is 0 Å². The van der Waals surface area contributed by atoms with Gasteiger partial charge in [0.15, 0.2) is 0 Å². The molecule has 3 rings (SSSR count). The minimum Gasteiger partial charge on any atom is -0.494 e. The molecule has 1 unspecified atom stereocenters. The summed E-state index contributed by atoms with van der Waals surface area (Å²) in [5.74, 6) is 1.44. The molecule has 0 saturated carbocycles. The summed E-state index contributed by atoms with van der Waals surface area (Å²) in [6, 6.07) is 16.4. The Morgan fingerprint density at radius 2 is 1.81 bits per heavy atom. The van der Waals surface area contributed by atoms with Crippen LogP contribution in [0.2, 0.25) is 0 Å². The standard InChI is InChI=1S/C22H25N3O2.C2H4O2/c1-15(17-7-5-16(6-8-17)14-23-2)19-9-10-20(26-3)22(25-19)18-11-12-24-21(13-18)27-4;3-1-2-4/h5-13,15,23H,14H2,1-4H3;1,4H,2H2. The predicted octanol–water partition coefficient (Wildman–Crippen LogP) is 3.21. The van der Waals surface area contributed by atoms with E-state index in [0.29, 0.717) is 12.2 Å². The molecule has 0 fully saturated rings. The van der Waals surface area contributed by atoms with Crippen molar-refractivity contribution in [3.63, 3.8) is 0 Å². The first-order valence-electron chi connectivity index (χ1n) is 9.91. The van der Waals surface area contributed by atoms with E-state index in [9.17, 15) is 0 Å². The van der Waals surface area contributed by atoms with Crippen LogP contribution in [-0.4, -0.2) is 49.2 Å². The molecular formula is C24H29N3O4. The first-order valence-corrected chi connectivity index (χ1v) is 9.91.